The summed E-state index contributed by atoms with van der Waals surface area (Å²) in [5.41, 5.74) is 1.92. The first-order chi connectivity index (χ1) is 18.6. The SMILES string of the molecule is CCNC(=O)[C@@H](C)N(Cc1ccccc1)C(=O)CN(c1ccc(OC)c(OC)c1)S(=O)(=O)c1ccc(C)cc1. The van der Waals surface area contributed by atoms with E-state index in [1.165, 1.54) is 37.3 Å². The van der Waals surface area contributed by atoms with Gasteiger partial charge in [-0.2, -0.15) is 0 Å². The predicted molar refractivity (Wildman–Crippen MR) is 150 cm³/mol. The summed E-state index contributed by atoms with van der Waals surface area (Å²) in [6.07, 6.45) is 0. The molecule has 0 aromatic heterocycles. The number of methoxy groups -OCH3 is 2. The minimum absolute atomic E-state index is 0.0297. The van der Waals surface area contributed by atoms with Gasteiger partial charge < -0.3 is 19.7 Å². The van der Waals surface area contributed by atoms with Gasteiger partial charge in [0.15, 0.2) is 11.5 Å². The summed E-state index contributed by atoms with van der Waals surface area (Å²) in [6, 6.07) is 19.4. The number of carbonyl (C=O) groups excluding carboxylic acids is 2. The molecule has 0 saturated heterocycles. The van der Waals surface area contributed by atoms with E-state index >= 15 is 0 Å². The second kappa shape index (κ2) is 13.1. The maximum atomic E-state index is 13.9. The molecule has 3 rings (SSSR count). The first-order valence-electron chi connectivity index (χ1n) is 12.5. The van der Waals surface area contributed by atoms with Crippen molar-refractivity contribution in [2.75, 3.05) is 31.6 Å². The molecule has 3 aromatic rings. The minimum atomic E-state index is -4.18. The Morgan fingerprint density at radius 1 is 0.923 bits per heavy atom. The second-order valence-corrected chi connectivity index (χ2v) is 10.8. The second-order valence-electron chi connectivity index (χ2n) is 8.94. The molecule has 208 valence electrons. The Morgan fingerprint density at radius 3 is 2.15 bits per heavy atom. The fourth-order valence-corrected chi connectivity index (χ4v) is 5.44. The molecule has 2 amide bonds. The Morgan fingerprint density at radius 2 is 1.56 bits per heavy atom. The molecule has 0 unspecified atom stereocenters. The summed E-state index contributed by atoms with van der Waals surface area (Å²) in [4.78, 5) is 28.1. The van der Waals surface area contributed by atoms with Gasteiger partial charge in [0.25, 0.3) is 10.0 Å². The van der Waals surface area contributed by atoms with Gasteiger partial charge in [0.2, 0.25) is 11.8 Å². The number of aryl methyl sites for hydroxylation is 1. The van der Waals surface area contributed by atoms with E-state index in [0.717, 1.165) is 15.4 Å². The van der Waals surface area contributed by atoms with Crippen molar-refractivity contribution in [1.82, 2.24) is 10.2 Å². The number of sulfonamides is 1. The van der Waals surface area contributed by atoms with Crippen molar-refractivity contribution in [3.63, 3.8) is 0 Å². The molecule has 0 heterocycles. The van der Waals surface area contributed by atoms with Crippen LogP contribution in [-0.2, 0) is 26.2 Å². The number of amides is 2. The quantitative estimate of drug-likeness (QED) is 0.366. The number of nitrogens with one attached hydrogen (secondary N) is 1. The zero-order valence-corrected chi connectivity index (χ0v) is 23.7. The molecule has 0 bridgehead atoms. The number of ether oxygens (including phenoxy) is 2. The maximum Gasteiger partial charge on any atom is 0.264 e. The number of hydrogen-bond donors (Lipinski definition) is 1. The van der Waals surface area contributed by atoms with Crippen LogP contribution in [-0.4, -0.2) is 58.5 Å². The van der Waals surface area contributed by atoms with Crippen LogP contribution in [0.4, 0.5) is 5.69 Å². The van der Waals surface area contributed by atoms with Gasteiger partial charge in [0, 0.05) is 19.2 Å². The smallest absolute Gasteiger partial charge is 0.264 e. The number of carbonyl (C=O) groups is 2. The molecule has 0 fully saturated rings. The number of nitrogens with zero attached hydrogens (tertiary/aromatic N) is 2. The topological polar surface area (TPSA) is 105 Å². The summed E-state index contributed by atoms with van der Waals surface area (Å²) >= 11 is 0. The lowest BCUT2D eigenvalue weighted by Crippen LogP contribution is -2.51. The average Bonchev–Trinajstić information content (AvgIpc) is 2.94. The van der Waals surface area contributed by atoms with E-state index in [1.807, 2.05) is 37.3 Å². The lowest BCUT2D eigenvalue weighted by atomic mass is 10.1. The standard InChI is InChI=1S/C29H35N3O6S/c1-6-30-29(34)22(3)31(19-23-10-8-7-9-11-23)28(33)20-32(24-14-17-26(37-4)27(18-24)38-5)39(35,36)25-15-12-21(2)13-16-25/h7-18,22H,6,19-20H2,1-5H3,(H,30,34)/t22-/m1/s1. The summed E-state index contributed by atoms with van der Waals surface area (Å²) in [7, 11) is -1.26. The number of rotatable bonds is 12. The third-order valence-electron chi connectivity index (χ3n) is 6.26. The Hall–Kier alpha value is -4.05. The number of likely N-dealkylation sites (N-methyl/N-ethyl adjacent to an activating group) is 1. The minimum Gasteiger partial charge on any atom is -0.493 e. The highest BCUT2D eigenvalue weighted by Crippen LogP contribution is 2.34. The van der Waals surface area contributed by atoms with E-state index in [-0.39, 0.29) is 23.0 Å². The fraction of sp³-hybridized carbons (Fsp3) is 0.310. The molecule has 0 aliphatic carbocycles. The van der Waals surface area contributed by atoms with Crippen LogP contribution in [0.25, 0.3) is 0 Å². The lowest BCUT2D eigenvalue weighted by molar-refractivity contribution is -0.139. The van der Waals surface area contributed by atoms with Crippen LogP contribution in [0, 0.1) is 6.92 Å². The molecule has 0 radical (unpaired) electrons. The van der Waals surface area contributed by atoms with Gasteiger partial charge in [-0.15, -0.1) is 0 Å². The van der Waals surface area contributed by atoms with Gasteiger partial charge in [0.1, 0.15) is 12.6 Å². The van der Waals surface area contributed by atoms with Gasteiger partial charge in [0.05, 0.1) is 24.8 Å². The largest absolute Gasteiger partial charge is 0.493 e. The van der Waals surface area contributed by atoms with Crippen LogP contribution in [0.1, 0.15) is 25.0 Å². The molecule has 0 spiro atoms. The van der Waals surface area contributed by atoms with Gasteiger partial charge in [-0.05, 0) is 50.6 Å². The summed E-state index contributed by atoms with van der Waals surface area (Å²) in [5, 5.41) is 2.75. The van der Waals surface area contributed by atoms with Gasteiger partial charge in [-0.1, -0.05) is 48.0 Å². The van der Waals surface area contributed by atoms with E-state index in [0.29, 0.717) is 18.0 Å². The molecule has 0 aliphatic rings. The zero-order chi connectivity index (χ0) is 28.6. The van der Waals surface area contributed by atoms with Gasteiger partial charge >= 0.3 is 0 Å². The Balaban J connectivity index is 2.08. The van der Waals surface area contributed by atoms with Crippen LogP contribution in [0.5, 0.6) is 11.5 Å². The molecule has 0 saturated carbocycles. The van der Waals surface area contributed by atoms with Crippen LogP contribution >= 0.6 is 0 Å². The molecule has 1 atom stereocenters. The molecular weight excluding hydrogens is 518 g/mol. The maximum absolute atomic E-state index is 13.9. The summed E-state index contributed by atoms with van der Waals surface area (Å²) in [5.74, 6) is -0.150. The molecule has 1 N–H and O–H groups in total. The lowest BCUT2D eigenvalue weighted by Gasteiger charge is -2.32. The summed E-state index contributed by atoms with van der Waals surface area (Å²) < 4.78 is 39.6. The molecule has 0 aliphatic heterocycles. The van der Waals surface area contributed by atoms with Crippen LogP contribution in [0.3, 0.4) is 0 Å². The third-order valence-corrected chi connectivity index (χ3v) is 8.05. The van der Waals surface area contributed by atoms with Crippen LogP contribution in [0.2, 0.25) is 0 Å². The monoisotopic (exact) mass is 553 g/mol. The van der Waals surface area contributed by atoms with Crippen molar-refractivity contribution in [2.24, 2.45) is 0 Å². The Kier molecular flexibility index (Phi) is 9.95. The first-order valence-corrected chi connectivity index (χ1v) is 14.0. The van der Waals surface area contributed by atoms with E-state index in [4.69, 9.17) is 9.47 Å². The van der Waals surface area contributed by atoms with Crippen molar-refractivity contribution >= 4 is 27.5 Å². The summed E-state index contributed by atoms with van der Waals surface area (Å²) in [6.45, 7) is 5.26. The first kappa shape index (κ1) is 29.5. The highest BCUT2D eigenvalue weighted by Gasteiger charge is 2.32. The molecule has 39 heavy (non-hydrogen) atoms. The van der Waals surface area contributed by atoms with Crippen molar-refractivity contribution in [2.45, 2.75) is 38.3 Å². The predicted octanol–water partition coefficient (Wildman–Crippen LogP) is 3.76. The van der Waals surface area contributed by atoms with Gasteiger partial charge in [-0.25, -0.2) is 8.42 Å². The number of hydrogen-bond acceptors (Lipinski definition) is 6. The van der Waals surface area contributed by atoms with Crippen LogP contribution < -0.4 is 19.1 Å². The van der Waals surface area contributed by atoms with Gasteiger partial charge in [-0.3, -0.25) is 13.9 Å². The molecule has 9 nitrogen and oxygen atoms in total. The van der Waals surface area contributed by atoms with Crippen molar-refractivity contribution in [1.29, 1.82) is 0 Å². The number of anilines is 1. The fourth-order valence-electron chi connectivity index (χ4n) is 4.03. The average molecular weight is 554 g/mol. The van der Waals surface area contributed by atoms with E-state index in [9.17, 15) is 18.0 Å². The molecule has 10 heteroatoms. The number of benzene rings is 3. The van der Waals surface area contributed by atoms with E-state index < -0.39 is 28.5 Å². The van der Waals surface area contributed by atoms with E-state index in [2.05, 4.69) is 5.32 Å². The van der Waals surface area contributed by atoms with E-state index in [1.54, 1.807) is 38.1 Å². The van der Waals surface area contributed by atoms with Crippen molar-refractivity contribution in [3.8, 4) is 11.5 Å². The Labute approximate surface area is 230 Å². The normalized spacial score (nSPS) is 11.8. The van der Waals surface area contributed by atoms with Crippen molar-refractivity contribution in [3.05, 3.63) is 83.9 Å². The zero-order valence-electron chi connectivity index (χ0n) is 22.9. The van der Waals surface area contributed by atoms with Crippen molar-refractivity contribution < 1.29 is 27.5 Å². The molecular formula is C29H35N3O6S. The highest BCUT2D eigenvalue weighted by atomic mass is 32.2. The Bertz CT molecular complexity index is 1380. The van der Waals surface area contributed by atoms with Crippen LogP contribution in [0.15, 0.2) is 77.7 Å². The highest BCUT2D eigenvalue weighted by molar-refractivity contribution is 7.92. The third kappa shape index (κ3) is 7.08. The molecule has 3 aromatic carbocycles.